The topological polar surface area (TPSA) is 65.8 Å². The molecular formula is C24H33N3O3. The molecule has 0 aliphatic heterocycles. The quantitative estimate of drug-likeness (QED) is 0.679. The molecule has 0 radical (unpaired) electrons. The first-order valence-corrected chi connectivity index (χ1v) is 10.6. The highest BCUT2D eigenvalue weighted by atomic mass is 16.3. The van der Waals surface area contributed by atoms with Crippen molar-refractivity contribution in [3.63, 3.8) is 0 Å². The Kier molecular flexibility index (Phi) is 6.54. The number of carbonyl (C=O) groups is 2. The van der Waals surface area contributed by atoms with E-state index in [1.807, 2.05) is 62.9 Å². The first-order valence-electron chi connectivity index (χ1n) is 10.6. The summed E-state index contributed by atoms with van der Waals surface area (Å²) in [7, 11) is 3.96. The Morgan fingerprint density at radius 3 is 2.47 bits per heavy atom. The highest BCUT2D eigenvalue weighted by Gasteiger charge is 2.29. The Labute approximate surface area is 179 Å². The highest BCUT2D eigenvalue weighted by Crippen LogP contribution is 2.32. The zero-order chi connectivity index (χ0) is 21.9. The number of hydrogen-bond acceptors (Lipinski definition) is 4. The van der Waals surface area contributed by atoms with Crippen LogP contribution in [0.3, 0.4) is 0 Å². The largest absolute Gasteiger partial charge is 0.459 e. The van der Waals surface area contributed by atoms with E-state index in [0.717, 1.165) is 29.8 Å². The minimum absolute atomic E-state index is 0.00690. The van der Waals surface area contributed by atoms with Crippen molar-refractivity contribution < 1.29 is 14.0 Å². The summed E-state index contributed by atoms with van der Waals surface area (Å²) in [5.74, 6) is 0.810. The Balaban J connectivity index is 1.83. The lowest BCUT2D eigenvalue weighted by Gasteiger charge is -2.26. The normalized spacial score (nSPS) is 13.8. The van der Waals surface area contributed by atoms with E-state index in [4.69, 9.17) is 4.42 Å². The summed E-state index contributed by atoms with van der Waals surface area (Å²) in [6.07, 6.45) is 4.29. The maximum atomic E-state index is 13.0. The van der Waals surface area contributed by atoms with Gasteiger partial charge in [-0.2, -0.15) is 0 Å². The SMILES string of the molecule is CN(C)c1ccc(NC(=O)CC(C)(C)C)cc1CN(CC1CC1)C(=O)c1ccco1. The Morgan fingerprint density at radius 2 is 1.90 bits per heavy atom. The maximum absolute atomic E-state index is 13.0. The van der Waals surface area contributed by atoms with Crippen molar-refractivity contribution in [1.29, 1.82) is 0 Å². The molecule has 2 aromatic rings. The number of benzene rings is 1. The molecule has 3 rings (SSSR count). The second kappa shape index (κ2) is 8.94. The molecule has 1 aromatic carbocycles. The second-order valence-electron chi connectivity index (χ2n) is 9.63. The third kappa shape index (κ3) is 6.12. The molecule has 0 unspecified atom stereocenters. The molecule has 2 amide bonds. The molecule has 6 heteroatoms. The number of nitrogens with one attached hydrogen (secondary N) is 1. The first-order chi connectivity index (χ1) is 14.1. The summed E-state index contributed by atoms with van der Waals surface area (Å²) >= 11 is 0. The van der Waals surface area contributed by atoms with Crippen LogP contribution >= 0.6 is 0 Å². The van der Waals surface area contributed by atoms with E-state index < -0.39 is 0 Å². The van der Waals surface area contributed by atoms with Crippen LogP contribution in [0.15, 0.2) is 41.0 Å². The number of amides is 2. The van der Waals surface area contributed by atoms with E-state index in [9.17, 15) is 9.59 Å². The predicted molar refractivity (Wildman–Crippen MR) is 120 cm³/mol. The van der Waals surface area contributed by atoms with Crippen molar-refractivity contribution in [2.24, 2.45) is 11.3 Å². The van der Waals surface area contributed by atoms with E-state index in [2.05, 4.69) is 5.32 Å². The molecule has 30 heavy (non-hydrogen) atoms. The average Bonchev–Trinajstić information content (AvgIpc) is 3.28. The van der Waals surface area contributed by atoms with Gasteiger partial charge in [0.1, 0.15) is 0 Å². The number of anilines is 2. The summed E-state index contributed by atoms with van der Waals surface area (Å²) in [4.78, 5) is 29.3. The van der Waals surface area contributed by atoms with Gasteiger partial charge >= 0.3 is 0 Å². The van der Waals surface area contributed by atoms with Gasteiger partial charge in [0.15, 0.2) is 5.76 Å². The Hall–Kier alpha value is -2.76. The smallest absolute Gasteiger partial charge is 0.289 e. The molecule has 1 fully saturated rings. The van der Waals surface area contributed by atoms with Gasteiger partial charge in [-0.25, -0.2) is 0 Å². The van der Waals surface area contributed by atoms with Gasteiger partial charge in [-0.3, -0.25) is 9.59 Å². The summed E-state index contributed by atoms with van der Waals surface area (Å²) in [6.45, 7) is 7.31. The molecular weight excluding hydrogens is 378 g/mol. The van der Waals surface area contributed by atoms with E-state index in [1.165, 1.54) is 6.26 Å². The van der Waals surface area contributed by atoms with Crippen molar-refractivity contribution in [3.8, 4) is 0 Å². The molecule has 0 spiro atoms. The third-order valence-corrected chi connectivity index (χ3v) is 5.09. The summed E-state index contributed by atoms with van der Waals surface area (Å²) in [5, 5.41) is 3.01. The number of nitrogens with zero attached hydrogens (tertiary/aromatic N) is 2. The predicted octanol–water partition coefficient (Wildman–Crippen LogP) is 4.77. The number of rotatable bonds is 8. The first kappa shape index (κ1) is 21.9. The van der Waals surface area contributed by atoms with Crippen molar-refractivity contribution in [2.75, 3.05) is 30.9 Å². The number of carbonyl (C=O) groups excluding carboxylic acids is 2. The van der Waals surface area contributed by atoms with Crippen LogP contribution in [0.25, 0.3) is 0 Å². The van der Waals surface area contributed by atoms with Gasteiger partial charge in [-0.1, -0.05) is 20.8 Å². The van der Waals surface area contributed by atoms with Gasteiger partial charge in [0, 0.05) is 45.0 Å². The van der Waals surface area contributed by atoms with Gasteiger partial charge in [0.2, 0.25) is 5.91 Å². The van der Waals surface area contributed by atoms with Crippen molar-refractivity contribution in [1.82, 2.24) is 4.90 Å². The van der Waals surface area contributed by atoms with Crippen LogP contribution in [-0.2, 0) is 11.3 Å². The van der Waals surface area contributed by atoms with Gasteiger partial charge in [-0.15, -0.1) is 0 Å². The maximum Gasteiger partial charge on any atom is 0.289 e. The van der Waals surface area contributed by atoms with Gasteiger partial charge in [0.25, 0.3) is 5.91 Å². The molecule has 1 N–H and O–H groups in total. The lowest BCUT2D eigenvalue weighted by atomic mass is 9.92. The van der Waals surface area contributed by atoms with E-state index >= 15 is 0 Å². The van der Waals surface area contributed by atoms with E-state index in [0.29, 0.717) is 31.2 Å². The standard InChI is InChI=1S/C24H33N3O3/c1-24(2,3)14-22(28)25-19-10-11-20(26(4)5)18(13-19)16-27(15-17-8-9-17)23(29)21-7-6-12-30-21/h6-7,10-13,17H,8-9,14-16H2,1-5H3,(H,25,28). The molecule has 1 aliphatic rings. The summed E-state index contributed by atoms with van der Waals surface area (Å²) < 4.78 is 5.36. The molecule has 0 atom stereocenters. The van der Waals surface area contributed by atoms with Crippen LogP contribution in [0.4, 0.5) is 11.4 Å². The third-order valence-electron chi connectivity index (χ3n) is 5.09. The minimum Gasteiger partial charge on any atom is -0.459 e. The Morgan fingerprint density at radius 1 is 1.17 bits per heavy atom. The lowest BCUT2D eigenvalue weighted by molar-refractivity contribution is -0.117. The molecule has 1 aromatic heterocycles. The van der Waals surface area contributed by atoms with Crippen molar-refractivity contribution >= 4 is 23.2 Å². The zero-order valence-electron chi connectivity index (χ0n) is 18.7. The minimum atomic E-state index is -0.0984. The number of hydrogen-bond donors (Lipinski definition) is 1. The monoisotopic (exact) mass is 411 g/mol. The van der Waals surface area contributed by atoms with Crippen LogP contribution in [0.5, 0.6) is 0 Å². The van der Waals surface area contributed by atoms with Gasteiger partial charge in [-0.05, 0) is 60.1 Å². The molecule has 0 bridgehead atoms. The van der Waals surface area contributed by atoms with E-state index in [-0.39, 0.29) is 17.2 Å². The van der Waals surface area contributed by atoms with Crippen LogP contribution < -0.4 is 10.2 Å². The van der Waals surface area contributed by atoms with Crippen LogP contribution in [0, 0.1) is 11.3 Å². The average molecular weight is 412 g/mol. The fourth-order valence-electron chi connectivity index (χ4n) is 3.51. The van der Waals surface area contributed by atoms with E-state index in [1.54, 1.807) is 12.1 Å². The van der Waals surface area contributed by atoms with Crippen molar-refractivity contribution in [2.45, 2.75) is 46.6 Å². The molecule has 162 valence electrons. The molecule has 0 saturated heterocycles. The lowest BCUT2D eigenvalue weighted by Crippen LogP contribution is -2.33. The van der Waals surface area contributed by atoms with Crippen molar-refractivity contribution in [3.05, 3.63) is 47.9 Å². The fourth-order valence-corrected chi connectivity index (χ4v) is 3.51. The highest BCUT2D eigenvalue weighted by molar-refractivity contribution is 5.92. The summed E-state index contributed by atoms with van der Waals surface area (Å²) in [5.41, 5.74) is 2.69. The van der Waals surface area contributed by atoms with Crippen LogP contribution in [-0.4, -0.2) is 37.4 Å². The molecule has 1 heterocycles. The molecule has 1 aliphatic carbocycles. The van der Waals surface area contributed by atoms with Crippen LogP contribution in [0.2, 0.25) is 0 Å². The summed E-state index contributed by atoms with van der Waals surface area (Å²) in [6, 6.07) is 9.33. The van der Waals surface area contributed by atoms with Crippen LogP contribution in [0.1, 0.15) is 56.2 Å². The second-order valence-corrected chi connectivity index (χ2v) is 9.63. The number of furan rings is 1. The van der Waals surface area contributed by atoms with Gasteiger partial charge < -0.3 is 19.5 Å². The molecule has 1 saturated carbocycles. The molecule has 6 nitrogen and oxygen atoms in total. The zero-order valence-corrected chi connectivity index (χ0v) is 18.7. The van der Waals surface area contributed by atoms with Gasteiger partial charge in [0.05, 0.1) is 6.26 Å². The fraction of sp³-hybridized carbons (Fsp3) is 0.500. The Bertz CT molecular complexity index is 878.